The van der Waals surface area contributed by atoms with Crippen molar-refractivity contribution in [2.75, 3.05) is 5.32 Å². The van der Waals surface area contributed by atoms with Crippen LogP contribution < -0.4 is 16.0 Å². The summed E-state index contributed by atoms with van der Waals surface area (Å²) in [6, 6.07) is 5.06. The summed E-state index contributed by atoms with van der Waals surface area (Å²) in [5, 5.41) is 7.92. The van der Waals surface area contributed by atoms with E-state index in [2.05, 4.69) is 30.9 Å². The van der Waals surface area contributed by atoms with E-state index in [0.717, 1.165) is 18.2 Å². The molecule has 35 heavy (non-hydrogen) atoms. The van der Waals surface area contributed by atoms with Gasteiger partial charge in [-0.2, -0.15) is 13.2 Å². The minimum atomic E-state index is -4.74. The van der Waals surface area contributed by atoms with Crippen LogP contribution in [0.4, 0.5) is 28.9 Å². The lowest BCUT2D eigenvalue weighted by molar-refractivity contribution is -0.137. The molecule has 1 saturated carbocycles. The number of amides is 2. The van der Waals surface area contributed by atoms with E-state index in [0.29, 0.717) is 18.5 Å². The van der Waals surface area contributed by atoms with Gasteiger partial charge in [-0.05, 0) is 44.0 Å². The normalized spacial score (nSPS) is 15.1. The molecule has 1 unspecified atom stereocenters. The van der Waals surface area contributed by atoms with Gasteiger partial charge in [0.1, 0.15) is 17.7 Å². The van der Waals surface area contributed by atoms with Gasteiger partial charge in [0.05, 0.1) is 40.4 Å². The summed E-state index contributed by atoms with van der Waals surface area (Å²) >= 11 is 0. The van der Waals surface area contributed by atoms with Crippen LogP contribution in [-0.4, -0.2) is 32.3 Å². The lowest BCUT2D eigenvalue weighted by atomic mass is 10.1. The highest BCUT2D eigenvalue weighted by Gasteiger charge is 2.51. The Kier molecular flexibility index (Phi) is 6.37. The Labute approximate surface area is 197 Å². The van der Waals surface area contributed by atoms with Crippen molar-refractivity contribution >= 4 is 23.2 Å². The van der Waals surface area contributed by atoms with Crippen molar-refractivity contribution < 1.29 is 27.2 Å². The van der Waals surface area contributed by atoms with E-state index in [4.69, 9.17) is 0 Å². The molecule has 0 bridgehead atoms. The van der Waals surface area contributed by atoms with Crippen LogP contribution in [0.25, 0.3) is 0 Å². The maximum absolute atomic E-state index is 14.1. The number of carbonyl (C=O) groups excluding carboxylic acids is 2. The zero-order chi connectivity index (χ0) is 25.2. The van der Waals surface area contributed by atoms with Crippen LogP contribution in [0.5, 0.6) is 0 Å². The number of carbonyl (C=O) groups is 2. The third-order valence-electron chi connectivity index (χ3n) is 5.53. The number of anilines is 2. The van der Waals surface area contributed by atoms with Gasteiger partial charge in [-0.15, -0.1) is 0 Å². The lowest BCUT2D eigenvalue weighted by Gasteiger charge is -2.21. The van der Waals surface area contributed by atoms with Gasteiger partial charge in [0.2, 0.25) is 5.91 Å². The van der Waals surface area contributed by atoms with Gasteiger partial charge in [0.25, 0.3) is 5.91 Å². The van der Waals surface area contributed by atoms with E-state index >= 15 is 0 Å². The van der Waals surface area contributed by atoms with Gasteiger partial charge in [-0.1, -0.05) is 6.07 Å². The van der Waals surface area contributed by atoms with Crippen molar-refractivity contribution in [1.29, 1.82) is 0 Å². The van der Waals surface area contributed by atoms with Crippen LogP contribution in [0.3, 0.4) is 0 Å². The Morgan fingerprint density at radius 1 is 1.06 bits per heavy atom. The number of aromatic nitrogens is 3. The minimum Gasteiger partial charge on any atom is -0.351 e. The molecule has 0 saturated heterocycles. The molecular formula is C23H20F4N6O2. The Bertz CT molecular complexity index is 1230. The molecule has 1 fully saturated rings. The number of hydrogen-bond donors (Lipinski definition) is 3. The smallest absolute Gasteiger partial charge is 0.351 e. The first-order valence-electron chi connectivity index (χ1n) is 10.6. The number of pyridine rings is 1. The van der Waals surface area contributed by atoms with Gasteiger partial charge in [0.15, 0.2) is 0 Å². The summed E-state index contributed by atoms with van der Waals surface area (Å²) < 4.78 is 53.7. The molecule has 4 rings (SSSR count). The monoisotopic (exact) mass is 488 g/mol. The SMILES string of the molecule is CC(NC(=O)C1(NC(=O)c2cncnc2)CC1)c1ccc(Nc2c(F)cccc2C(F)(F)F)cn1. The third kappa shape index (κ3) is 5.36. The summed E-state index contributed by atoms with van der Waals surface area (Å²) in [6.07, 6.45) is 1.41. The zero-order valence-corrected chi connectivity index (χ0v) is 18.4. The van der Waals surface area contributed by atoms with E-state index in [1.807, 2.05) is 0 Å². The minimum absolute atomic E-state index is 0.138. The van der Waals surface area contributed by atoms with Crippen molar-refractivity contribution in [3.05, 3.63) is 77.9 Å². The van der Waals surface area contributed by atoms with E-state index in [1.165, 1.54) is 37.1 Å². The second-order valence-electron chi connectivity index (χ2n) is 8.12. The fourth-order valence-corrected chi connectivity index (χ4v) is 3.42. The number of benzene rings is 1. The standard InChI is InChI=1S/C23H20F4N6O2/c1-13(31-21(35)22(7-8-22)33-20(34)14-9-28-12-29-10-14)18-6-5-15(11-30-18)32-19-16(23(25,26)27)3-2-4-17(19)24/h2-6,9-13,32H,7-8H2,1H3,(H,31,35)(H,33,34). The summed E-state index contributed by atoms with van der Waals surface area (Å²) in [5.41, 5.74) is -2.09. The average molecular weight is 488 g/mol. The predicted molar refractivity (Wildman–Crippen MR) is 117 cm³/mol. The molecule has 1 aliphatic rings. The number of rotatable bonds is 7. The number of alkyl halides is 3. The highest BCUT2D eigenvalue weighted by molar-refractivity contribution is 6.00. The molecule has 1 atom stereocenters. The molecule has 2 aromatic heterocycles. The van der Waals surface area contributed by atoms with Gasteiger partial charge in [0, 0.05) is 12.4 Å². The molecule has 0 radical (unpaired) electrons. The van der Waals surface area contributed by atoms with Crippen LogP contribution in [0.1, 0.15) is 47.4 Å². The van der Waals surface area contributed by atoms with Gasteiger partial charge >= 0.3 is 6.18 Å². The van der Waals surface area contributed by atoms with E-state index < -0.39 is 40.7 Å². The van der Waals surface area contributed by atoms with Crippen LogP contribution >= 0.6 is 0 Å². The van der Waals surface area contributed by atoms with E-state index in [-0.39, 0.29) is 17.2 Å². The van der Waals surface area contributed by atoms with Gasteiger partial charge < -0.3 is 16.0 Å². The van der Waals surface area contributed by atoms with Crippen LogP contribution in [0.2, 0.25) is 0 Å². The lowest BCUT2D eigenvalue weighted by Crippen LogP contribution is -2.49. The zero-order valence-electron chi connectivity index (χ0n) is 18.4. The predicted octanol–water partition coefficient (Wildman–Crippen LogP) is 3.91. The number of nitrogens with one attached hydrogen (secondary N) is 3. The fraction of sp³-hybridized carbons (Fsp3) is 0.261. The molecule has 3 N–H and O–H groups in total. The first kappa shape index (κ1) is 24.0. The maximum atomic E-state index is 14.1. The molecule has 0 spiro atoms. The maximum Gasteiger partial charge on any atom is 0.418 e. The molecule has 1 aromatic carbocycles. The highest BCUT2D eigenvalue weighted by atomic mass is 19.4. The van der Waals surface area contributed by atoms with Crippen molar-refractivity contribution in [2.24, 2.45) is 0 Å². The van der Waals surface area contributed by atoms with Crippen LogP contribution in [0.15, 0.2) is 55.2 Å². The van der Waals surface area contributed by atoms with Crippen LogP contribution in [-0.2, 0) is 11.0 Å². The number of hydrogen-bond acceptors (Lipinski definition) is 6. The van der Waals surface area contributed by atoms with E-state index in [1.54, 1.807) is 6.92 Å². The molecule has 2 heterocycles. The van der Waals surface area contributed by atoms with E-state index in [9.17, 15) is 27.2 Å². The van der Waals surface area contributed by atoms with Gasteiger partial charge in [-0.25, -0.2) is 14.4 Å². The quantitative estimate of drug-likeness (QED) is 0.435. The summed E-state index contributed by atoms with van der Waals surface area (Å²) in [6.45, 7) is 1.68. The summed E-state index contributed by atoms with van der Waals surface area (Å²) in [7, 11) is 0. The first-order valence-corrected chi connectivity index (χ1v) is 10.6. The van der Waals surface area contributed by atoms with Crippen LogP contribution in [0, 0.1) is 5.82 Å². The summed E-state index contributed by atoms with van der Waals surface area (Å²) in [4.78, 5) is 36.9. The molecular weight excluding hydrogens is 468 g/mol. The number of para-hydroxylation sites is 1. The number of nitrogens with zero attached hydrogens (tertiary/aromatic N) is 3. The molecule has 8 nitrogen and oxygen atoms in total. The molecule has 2 amide bonds. The highest BCUT2D eigenvalue weighted by Crippen LogP contribution is 2.38. The van der Waals surface area contributed by atoms with Crippen molar-refractivity contribution in [1.82, 2.24) is 25.6 Å². The topological polar surface area (TPSA) is 109 Å². The molecule has 12 heteroatoms. The number of halogens is 4. The Hall–Kier alpha value is -4.09. The first-order chi connectivity index (χ1) is 16.6. The Morgan fingerprint density at radius 2 is 1.77 bits per heavy atom. The fourth-order valence-electron chi connectivity index (χ4n) is 3.42. The molecule has 182 valence electrons. The third-order valence-corrected chi connectivity index (χ3v) is 5.53. The second-order valence-corrected chi connectivity index (χ2v) is 8.12. The molecule has 0 aliphatic heterocycles. The Balaban J connectivity index is 1.41. The van der Waals surface area contributed by atoms with Crippen molar-refractivity contribution in [3.8, 4) is 0 Å². The summed E-state index contributed by atoms with van der Waals surface area (Å²) in [5.74, 6) is -1.91. The molecule has 3 aromatic rings. The van der Waals surface area contributed by atoms with Gasteiger partial charge in [-0.3, -0.25) is 14.6 Å². The Morgan fingerprint density at radius 3 is 2.37 bits per heavy atom. The largest absolute Gasteiger partial charge is 0.418 e. The molecule has 1 aliphatic carbocycles. The average Bonchev–Trinajstić information content (AvgIpc) is 3.61. The second kappa shape index (κ2) is 9.28. The van der Waals surface area contributed by atoms with Crippen molar-refractivity contribution in [3.63, 3.8) is 0 Å². The van der Waals surface area contributed by atoms with Crippen molar-refractivity contribution in [2.45, 2.75) is 37.5 Å².